The standard InChI is InChI=1S/C16H23NO3.C13H23NO5.C10H19NO3.C10H21NO2.C9H20N2O.C9H19NO2.C9H19NO.7CH4/c1-15(2)10-12(11-16(3,4)17(15)19)14(18)20-13-8-6-5-7-9-13;1-12(2)7-9(8-13(3,4)14(12)18)11(17)19-6-5-10(15)16;1-9(2)5-7(8(12)13)6-10(3,4)11(9)14;1-9(2)6-8(13-5)7-10(3,4)11(9)12;1-8(2)5-7(10)6-9(3,4)11(8)12;1-8(2)5-7(11)6-9(3,4)10(8)12;1-8(2)6-5-7-9(3,4)10(8)11;;;;;;;/h5-9,12,19H,10-11H2,1-4H3;9,18H,5-8H2,1-4H3,(H,15,16);7,14H,5-6H2,1-4H3,(H,12,13);8,12H,6-7H2,1-5H3;7,12H,5-6,10H2,1-4H3;7,11-12H,5-6H2,1-4H3;11H,5-7H2,1-4H3;7*1H4. The first-order valence-electron chi connectivity index (χ1n) is 36.4. The summed E-state index contributed by atoms with van der Waals surface area (Å²) in [6, 6.07) is 9.32. The maximum Gasteiger partial charge on any atom is 0.314 e. The number of esters is 2. The molecule has 0 aliphatic carbocycles. The maximum absolute atomic E-state index is 12.3. The van der Waals surface area contributed by atoms with Gasteiger partial charge in [-0.25, -0.2) is 0 Å². The number of aliphatic hydroxyl groups is 1. The molecule has 0 amide bonds. The minimum absolute atomic E-state index is 0. The third-order valence-electron chi connectivity index (χ3n) is 21.4. The molecule has 25 heteroatoms. The van der Waals surface area contributed by atoms with E-state index in [0.717, 1.165) is 38.5 Å². The Morgan fingerprint density at radius 3 is 0.898 bits per heavy atom. The lowest BCUT2D eigenvalue weighted by molar-refractivity contribution is -0.259. The minimum atomic E-state index is -0.987. The van der Waals surface area contributed by atoms with Gasteiger partial charge in [-0.1, -0.05) is 70.2 Å². The average molecular weight is 1550 g/mol. The molecule has 25 nitrogen and oxygen atoms in total. The number of carboxylic acids is 2. The van der Waals surface area contributed by atoms with E-state index < -0.39 is 45.2 Å². The molecule has 0 saturated carbocycles. The second kappa shape index (κ2) is 42.7. The van der Waals surface area contributed by atoms with E-state index in [1.54, 1.807) is 19.2 Å². The predicted molar refractivity (Wildman–Crippen MR) is 437 cm³/mol. The van der Waals surface area contributed by atoms with Crippen molar-refractivity contribution in [3.8, 4) is 5.75 Å². The first kappa shape index (κ1) is 115. The Morgan fingerprint density at radius 2 is 0.630 bits per heavy atom. The Morgan fingerprint density at radius 1 is 0.380 bits per heavy atom. The lowest BCUT2D eigenvalue weighted by atomic mass is 9.75. The number of carboxylic acid groups (broad SMARTS) is 2. The fourth-order valence-corrected chi connectivity index (χ4v) is 17.3. The number of hydrogen-bond donors (Lipinski definition) is 11. The third kappa shape index (κ3) is 32.4. The molecule has 1 aromatic carbocycles. The van der Waals surface area contributed by atoms with E-state index in [0.29, 0.717) is 57.1 Å². The Balaban J connectivity index is -0.000000281. The fraction of sp³-hybridized carbons (Fsp3) is 0.880. The summed E-state index contributed by atoms with van der Waals surface area (Å²) in [4.78, 5) is 45.6. The van der Waals surface area contributed by atoms with Gasteiger partial charge in [0.25, 0.3) is 0 Å². The van der Waals surface area contributed by atoms with E-state index in [2.05, 4.69) is 27.7 Å². The molecule has 0 radical (unpaired) electrons. The number of ether oxygens (including phenoxy) is 3. The molecule has 8 rings (SSSR count). The Labute approximate surface area is 659 Å². The molecular weight excluding hydrogens is 1380 g/mol. The zero-order valence-electron chi connectivity index (χ0n) is 67.9. The number of hydroxylamine groups is 14. The quantitative estimate of drug-likeness (QED) is 0.0851. The number of rotatable bonds is 8. The SMILES string of the molecule is C.C.C.C.C.C.C.CC1(C)CC(C(=O)O)CC(C)(C)N1O.CC1(C)CC(C(=O)OCCC(=O)O)CC(C)(C)N1O.CC1(C)CC(C(=O)Oc2ccccc2)CC(C)(C)N1O.CC1(C)CC(N)CC(C)(C)N1O.CC1(C)CC(O)CC(C)(C)N1O.CC1(C)CCCC(C)(C)N1O.COC1CC(C)(C)N(O)C(C)(C)C1. The van der Waals surface area contributed by atoms with Gasteiger partial charge in [0.2, 0.25) is 0 Å². The Kier molecular flexibility index (Phi) is 45.6. The summed E-state index contributed by atoms with van der Waals surface area (Å²) in [6.07, 6.45) is 11.0. The van der Waals surface area contributed by atoms with Gasteiger partial charge < -0.3 is 71.7 Å². The first-order chi connectivity index (χ1) is 45.1. The molecule has 0 spiro atoms. The van der Waals surface area contributed by atoms with Crippen molar-refractivity contribution in [2.45, 2.75) is 444 Å². The number of carbonyl (C=O) groups is 4. The van der Waals surface area contributed by atoms with Crippen LogP contribution in [-0.2, 0) is 28.7 Å². The molecule has 1 aromatic rings. The molecule has 7 aliphatic rings. The molecule has 108 heavy (non-hydrogen) atoms. The second-order valence-electron chi connectivity index (χ2n) is 38.6. The minimum Gasteiger partial charge on any atom is -0.481 e. The zero-order valence-corrected chi connectivity index (χ0v) is 67.9. The smallest absolute Gasteiger partial charge is 0.314 e. The molecule has 7 fully saturated rings. The van der Waals surface area contributed by atoms with Crippen molar-refractivity contribution < 1.29 is 85.2 Å². The summed E-state index contributed by atoms with van der Waals surface area (Å²) in [5.41, 5.74) is 1.57. The van der Waals surface area contributed by atoms with Gasteiger partial charge in [-0.05, 0) is 302 Å². The molecule has 646 valence electrons. The van der Waals surface area contributed by atoms with Crippen LogP contribution in [0.1, 0.15) is 349 Å². The van der Waals surface area contributed by atoms with E-state index in [4.69, 9.17) is 30.2 Å². The maximum atomic E-state index is 12.3. The summed E-state index contributed by atoms with van der Waals surface area (Å²) < 4.78 is 15.8. The van der Waals surface area contributed by atoms with Crippen LogP contribution in [0.15, 0.2) is 30.3 Å². The van der Waals surface area contributed by atoms with Crippen molar-refractivity contribution in [3.63, 3.8) is 0 Å². The summed E-state index contributed by atoms with van der Waals surface area (Å²) in [5, 5.41) is 106. The second-order valence-corrected chi connectivity index (χ2v) is 38.6. The van der Waals surface area contributed by atoms with Crippen LogP contribution in [0.5, 0.6) is 5.75 Å². The monoisotopic (exact) mass is 1550 g/mol. The zero-order chi connectivity index (χ0) is 79.1. The predicted octanol–water partition coefficient (Wildman–Crippen LogP) is 18.3. The van der Waals surface area contributed by atoms with Gasteiger partial charge in [-0.15, -0.1) is 0 Å². The summed E-state index contributed by atoms with van der Waals surface area (Å²) in [6.45, 7) is 55.0. The van der Waals surface area contributed by atoms with Gasteiger partial charge in [0.05, 0.1) is 36.4 Å². The van der Waals surface area contributed by atoms with Gasteiger partial charge in [0, 0.05) is 90.7 Å². The van der Waals surface area contributed by atoms with Crippen LogP contribution in [0.3, 0.4) is 0 Å². The molecule has 0 aromatic heterocycles. The van der Waals surface area contributed by atoms with Gasteiger partial charge in [-0.2, -0.15) is 35.4 Å². The number of benzene rings is 1. The normalized spacial score (nSPS) is 25.1. The molecular formula is C83H172N8O17. The lowest BCUT2D eigenvalue weighted by Gasteiger charge is -2.51. The fourth-order valence-electron chi connectivity index (χ4n) is 17.3. The summed E-state index contributed by atoms with van der Waals surface area (Å²) in [5.74, 6) is -2.66. The van der Waals surface area contributed by atoms with Crippen molar-refractivity contribution in [3.05, 3.63) is 30.3 Å². The van der Waals surface area contributed by atoms with Crippen molar-refractivity contribution in [1.29, 1.82) is 0 Å². The van der Waals surface area contributed by atoms with Gasteiger partial charge in [0.15, 0.2) is 0 Å². The van der Waals surface area contributed by atoms with Crippen LogP contribution in [0.25, 0.3) is 0 Å². The van der Waals surface area contributed by atoms with E-state index in [9.17, 15) is 60.7 Å². The molecule has 12 N–H and O–H groups in total. The lowest BCUT2D eigenvalue weighted by Crippen LogP contribution is -2.61. The number of nitrogens with zero attached hydrogens (tertiary/aromatic N) is 7. The Bertz CT molecular complexity index is 2640. The highest BCUT2D eigenvalue weighted by Crippen LogP contribution is 2.45. The average Bonchev–Trinajstić information content (AvgIpc) is 0.788. The van der Waals surface area contributed by atoms with Crippen molar-refractivity contribution in [1.82, 2.24) is 35.4 Å². The topological polar surface area (TPSA) is 347 Å². The van der Waals surface area contributed by atoms with Gasteiger partial charge >= 0.3 is 23.9 Å². The third-order valence-corrected chi connectivity index (χ3v) is 21.4. The van der Waals surface area contributed by atoms with E-state index in [1.807, 2.05) is 184 Å². The molecule has 0 atom stereocenters. The van der Waals surface area contributed by atoms with Crippen LogP contribution in [0.4, 0.5) is 0 Å². The molecule has 7 heterocycles. The largest absolute Gasteiger partial charge is 0.481 e. The molecule has 0 unspecified atom stereocenters. The molecule has 7 aliphatic heterocycles. The highest BCUT2D eigenvalue weighted by molar-refractivity contribution is 5.76. The summed E-state index contributed by atoms with van der Waals surface area (Å²) in [7, 11) is 1.74. The van der Waals surface area contributed by atoms with E-state index >= 15 is 0 Å². The number of nitrogens with two attached hydrogens (primary N) is 1. The van der Waals surface area contributed by atoms with Gasteiger partial charge in [0.1, 0.15) is 12.4 Å². The summed E-state index contributed by atoms with van der Waals surface area (Å²) >= 11 is 0. The number of para-hydroxylation sites is 1. The van der Waals surface area contributed by atoms with Crippen LogP contribution < -0.4 is 10.5 Å². The highest BCUT2D eigenvalue weighted by Gasteiger charge is 2.52. The van der Waals surface area contributed by atoms with E-state index in [1.165, 1.54) is 41.9 Å². The number of hydrogen-bond acceptors (Lipinski definition) is 23. The van der Waals surface area contributed by atoms with Crippen LogP contribution in [0.2, 0.25) is 0 Å². The number of methoxy groups -OCH3 is 1. The number of aliphatic carboxylic acids is 2. The van der Waals surface area contributed by atoms with Crippen molar-refractivity contribution in [2.24, 2.45) is 23.5 Å². The first-order valence-corrected chi connectivity index (χ1v) is 36.4. The highest BCUT2D eigenvalue weighted by atomic mass is 16.6. The Hall–Kier alpha value is -3.58. The van der Waals surface area contributed by atoms with Crippen LogP contribution in [-0.4, -0.2) is 221 Å². The van der Waals surface area contributed by atoms with Crippen LogP contribution in [0, 0.1) is 17.8 Å². The van der Waals surface area contributed by atoms with Gasteiger partial charge in [-0.3, -0.25) is 19.2 Å². The molecule has 7 saturated heterocycles. The molecule has 0 bridgehead atoms. The van der Waals surface area contributed by atoms with Crippen molar-refractivity contribution in [2.75, 3.05) is 13.7 Å². The van der Waals surface area contributed by atoms with Crippen LogP contribution >= 0.6 is 0 Å². The van der Waals surface area contributed by atoms with Crippen molar-refractivity contribution >= 4 is 23.9 Å². The number of carbonyl (C=O) groups excluding carboxylic acids is 2. The number of piperidine rings is 7. The number of aliphatic hydroxyl groups excluding tert-OH is 1. The van der Waals surface area contributed by atoms with E-state index in [-0.39, 0.29) is 157 Å².